The molecule has 0 bridgehead atoms. The number of amides is 1. The molecule has 0 atom stereocenters. The van der Waals surface area contributed by atoms with Gasteiger partial charge in [0.1, 0.15) is 5.76 Å². The van der Waals surface area contributed by atoms with Crippen LogP contribution in [0, 0.1) is 0 Å². The van der Waals surface area contributed by atoms with Crippen molar-refractivity contribution in [3.05, 3.63) is 59.5 Å². The summed E-state index contributed by atoms with van der Waals surface area (Å²) in [6.45, 7) is 5.15. The normalized spacial score (nSPS) is 15.3. The summed E-state index contributed by atoms with van der Waals surface area (Å²) in [5.41, 5.74) is 2.41. The Morgan fingerprint density at radius 3 is 2.54 bits per heavy atom. The summed E-state index contributed by atoms with van der Waals surface area (Å²) in [7, 11) is 0. The van der Waals surface area contributed by atoms with E-state index in [0.717, 1.165) is 44.2 Å². The highest BCUT2D eigenvalue weighted by molar-refractivity contribution is 5.76. The van der Waals surface area contributed by atoms with E-state index < -0.39 is 0 Å². The van der Waals surface area contributed by atoms with Gasteiger partial charge in [-0.15, -0.1) is 0 Å². The van der Waals surface area contributed by atoms with Gasteiger partial charge in [-0.05, 0) is 23.3 Å². The number of carbonyl (C=O) groups is 1. The van der Waals surface area contributed by atoms with Crippen molar-refractivity contribution in [2.75, 3.05) is 26.3 Å². The number of nitrogens with one attached hydrogen (secondary N) is 1. The largest absolute Gasteiger partial charge is 0.469 e. The van der Waals surface area contributed by atoms with Crippen LogP contribution in [0.2, 0.25) is 0 Å². The Bertz CT molecular complexity index is 617. The van der Waals surface area contributed by atoms with Crippen LogP contribution >= 0.6 is 0 Å². The van der Waals surface area contributed by atoms with Crippen LogP contribution < -0.4 is 5.32 Å². The Kier molecular flexibility index (Phi) is 6.04. The molecule has 5 nitrogen and oxygen atoms in total. The van der Waals surface area contributed by atoms with E-state index >= 15 is 0 Å². The Labute approximate surface area is 142 Å². The molecule has 1 saturated heterocycles. The highest BCUT2D eigenvalue weighted by Gasteiger charge is 2.10. The number of hydrogen-bond acceptors (Lipinski definition) is 4. The maximum absolute atomic E-state index is 11.9. The van der Waals surface area contributed by atoms with Gasteiger partial charge in [0.15, 0.2) is 0 Å². The molecular weight excluding hydrogens is 304 g/mol. The van der Waals surface area contributed by atoms with Crippen LogP contribution in [0.25, 0.3) is 0 Å². The number of aryl methyl sites for hydroxylation is 1. The van der Waals surface area contributed by atoms with E-state index in [9.17, 15) is 4.79 Å². The lowest BCUT2D eigenvalue weighted by molar-refractivity contribution is -0.121. The molecule has 0 radical (unpaired) electrons. The monoisotopic (exact) mass is 328 g/mol. The first-order valence-electron chi connectivity index (χ1n) is 8.46. The predicted molar refractivity (Wildman–Crippen MR) is 91.4 cm³/mol. The molecule has 24 heavy (non-hydrogen) atoms. The standard InChI is InChI=1S/C19H24N2O3/c22-19(8-7-18-2-1-11-24-18)20-14-16-3-5-17(6-4-16)15-21-9-12-23-13-10-21/h1-6,11H,7-10,12-15H2,(H,20,22). The number of nitrogens with zero attached hydrogens (tertiary/aromatic N) is 1. The molecule has 1 amide bonds. The number of hydrogen-bond donors (Lipinski definition) is 1. The average molecular weight is 328 g/mol. The van der Waals surface area contributed by atoms with Crippen molar-refractivity contribution in [1.82, 2.24) is 10.2 Å². The molecular formula is C19H24N2O3. The molecule has 3 rings (SSSR count). The third-order valence-electron chi connectivity index (χ3n) is 4.20. The van der Waals surface area contributed by atoms with E-state index in [1.807, 2.05) is 12.1 Å². The fraction of sp³-hybridized carbons (Fsp3) is 0.421. The van der Waals surface area contributed by atoms with E-state index in [1.165, 1.54) is 5.56 Å². The molecule has 1 aromatic carbocycles. The van der Waals surface area contributed by atoms with E-state index in [2.05, 4.69) is 34.5 Å². The summed E-state index contributed by atoms with van der Waals surface area (Å²) in [5.74, 6) is 0.890. The van der Waals surface area contributed by atoms with Crippen LogP contribution in [0.3, 0.4) is 0 Å². The molecule has 0 unspecified atom stereocenters. The molecule has 2 aromatic rings. The van der Waals surface area contributed by atoms with Crippen LogP contribution in [0.4, 0.5) is 0 Å². The lowest BCUT2D eigenvalue weighted by Crippen LogP contribution is -2.35. The molecule has 1 N–H and O–H groups in total. The summed E-state index contributed by atoms with van der Waals surface area (Å²) >= 11 is 0. The van der Waals surface area contributed by atoms with Crippen molar-refractivity contribution in [2.45, 2.75) is 25.9 Å². The predicted octanol–water partition coefficient (Wildman–Crippen LogP) is 2.36. The summed E-state index contributed by atoms with van der Waals surface area (Å²) < 4.78 is 10.6. The van der Waals surface area contributed by atoms with Gasteiger partial charge < -0.3 is 14.5 Å². The molecule has 1 fully saturated rings. The van der Waals surface area contributed by atoms with Crippen molar-refractivity contribution in [3.63, 3.8) is 0 Å². The second kappa shape index (κ2) is 8.66. The SMILES string of the molecule is O=C(CCc1ccco1)NCc1ccc(CN2CCOCC2)cc1. The van der Waals surface area contributed by atoms with Crippen molar-refractivity contribution in [3.8, 4) is 0 Å². The Hall–Kier alpha value is -2.11. The number of rotatable bonds is 7. The zero-order valence-corrected chi connectivity index (χ0v) is 13.9. The molecule has 0 saturated carbocycles. The number of ether oxygens (including phenoxy) is 1. The molecule has 1 aliphatic rings. The highest BCUT2D eigenvalue weighted by atomic mass is 16.5. The third-order valence-corrected chi connectivity index (χ3v) is 4.20. The Morgan fingerprint density at radius 2 is 1.83 bits per heavy atom. The second-order valence-electron chi connectivity index (χ2n) is 6.06. The summed E-state index contributed by atoms with van der Waals surface area (Å²) in [6.07, 6.45) is 2.71. The van der Waals surface area contributed by atoms with Crippen molar-refractivity contribution < 1.29 is 13.9 Å². The highest BCUT2D eigenvalue weighted by Crippen LogP contribution is 2.09. The number of carbonyl (C=O) groups excluding carboxylic acids is 1. The van der Waals surface area contributed by atoms with E-state index in [4.69, 9.17) is 9.15 Å². The van der Waals surface area contributed by atoms with Gasteiger partial charge in [0, 0.05) is 39.0 Å². The number of furan rings is 1. The number of benzene rings is 1. The number of morpholine rings is 1. The maximum Gasteiger partial charge on any atom is 0.220 e. The van der Waals surface area contributed by atoms with Gasteiger partial charge in [0.2, 0.25) is 5.91 Å². The van der Waals surface area contributed by atoms with Gasteiger partial charge in [0.25, 0.3) is 0 Å². The zero-order valence-electron chi connectivity index (χ0n) is 13.9. The molecule has 5 heteroatoms. The summed E-state index contributed by atoms with van der Waals surface area (Å²) in [4.78, 5) is 14.3. The molecule has 2 heterocycles. The minimum absolute atomic E-state index is 0.0452. The van der Waals surface area contributed by atoms with Crippen LogP contribution in [-0.2, 0) is 29.0 Å². The van der Waals surface area contributed by atoms with E-state index in [0.29, 0.717) is 19.4 Å². The summed E-state index contributed by atoms with van der Waals surface area (Å²) in [5, 5.41) is 2.95. The Morgan fingerprint density at radius 1 is 1.08 bits per heavy atom. The first-order valence-corrected chi connectivity index (χ1v) is 8.46. The van der Waals surface area contributed by atoms with Crippen LogP contribution in [0.1, 0.15) is 23.3 Å². The smallest absolute Gasteiger partial charge is 0.220 e. The van der Waals surface area contributed by atoms with Gasteiger partial charge in [0.05, 0.1) is 19.5 Å². The van der Waals surface area contributed by atoms with Gasteiger partial charge in [-0.2, -0.15) is 0 Å². The quantitative estimate of drug-likeness (QED) is 0.848. The van der Waals surface area contributed by atoms with Crippen molar-refractivity contribution in [2.24, 2.45) is 0 Å². The second-order valence-corrected chi connectivity index (χ2v) is 6.06. The fourth-order valence-corrected chi connectivity index (χ4v) is 2.76. The molecule has 1 aromatic heterocycles. The molecule has 0 spiro atoms. The minimum Gasteiger partial charge on any atom is -0.469 e. The van der Waals surface area contributed by atoms with Gasteiger partial charge >= 0.3 is 0 Å². The van der Waals surface area contributed by atoms with Crippen LogP contribution in [0.15, 0.2) is 47.1 Å². The molecule has 0 aliphatic carbocycles. The minimum atomic E-state index is 0.0452. The maximum atomic E-state index is 11.9. The molecule has 1 aliphatic heterocycles. The zero-order chi connectivity index (χ0) is 16.6. The lowest BCUT2D eigenvalue weighted by atomic mass is 10.1. The fourth-order valence-electron chi connectivity index (χ4n) is 2.76. The van der Waals surface area contributed by atoms with Crippen molar-refractivity contribution in [1.29, 1.82) is 0 Å². The van der Waals surface area contributed by atoms with E-state index in [1.54, 1.807) is 6.26 Å². The Balaban J connectivity index is 1.39. The van der Waals surface area contributed by atoms with Crippen LogP contribution in [0.5, 0.6) is 0 Å². The first-order chi connectivity index (χ1) is 11.8. The average Bonchev–Trinajstić information content (AvgIpc) is 3.14. The first kappa shape index (κ1) is 16.7. The van der Waals surface area contributed by atoms with Crippen molar-refractivity contribution >= 4 is 5.91 Å². The molecule has 128 valence electrons. The third kappa shape index (κ3) is 5.22. The topological polar surface area (TPSA) is 54.7 Å². The van der Waals surface area contributed by atoms with Gasteiger partial charge in [-0.1, -0.05) is 24.3 Å². The van der Waals surface area contributed by atoms with Gasteiger partial charge in [-0.3, -0.25) is 9.69 Å². The summed E-state index contributed by atoms with van der Waals surface area (Å²) in [6, 6.07) is 12.2. The van der Waals surface area contributed by atoms with Crippen LogP contribution in [-0.4, -0.2) is 37.1 Å². The lowest BCUT2D eigenvalue weighted by Gasteiger charge is -2.26. The van der Waals surface area contributed by atoms with Gasteiger partial charge in [-0.25, -0.2) is 0 Å². The van der Waals surface area contributed by atoms with E-state index in [-0.39, 0.29) is 5.91 Å².